The van der Waals surface area contributed by atoms with Crippen LogP contribution in [0.1, 0.15) is 19.7 Å². The van der Waals surface area contributed by atoms with Crippen LogP contribution in [0.5, 0.6) is 0 Å². The molecule has 0 aromatic carbocycles. The van der Waals surface area contributed by atoms with Crippen LogP contribution in [0, 0.1) is 0 Å². The van der Waals surface area contributed by atoms with Crippen LogP contribution < -0.4 is 5.73 Å². The lowest BCUT2D eigenvalue weighted by Crippen LogP contribution is -2.04. The van der Waals surface area contributed by atoms with Gasteiger partial charge in [0.05, 0.1) is 6.20 Å². The van der Waals surface area contributed by atoms with Crippen LogP contribution in [0.3, 0.4) is 0 Å². The lowest BCUT2D eigenvalue weighted by molar-refractivity contribution is 0.713. The Labute approximate surface area is 94.9 Å². The molecule has 0 saturated carbocycles. The summed E-state index contributed by atoms with van der Waals surface area (Å²) in [6.45, 7) is 5.01. The number of imidazole rings is 1. The van der Waals surface area contributed by atoms with Gasteiger partial charge in [-0.1, -0.05) is 6.92 Å². The fourth-order valence-corrected chi connectivity index (χ4v) is 1.89. The van der Waals surface area contributed by atoms with Crippen molar-refractivity contribution in [2.24, 2.45) is 7.05 Å². The van der Waals surface area contributed by atoms with E-state index in [1.807, 2.05) is 17.8 Å². The Morgan fingerprint density at radius 1 is 1.38 bits per heavy atom. The Balaban J connectivity index is 2.53. The van der Waals surface area contributed by atoms with Gasteiger partial charge in [-0.05, 0) is 6.92 Å². The second kappa shape index (κ2) is 4.00. The maximum Gasteiger partial charge on any atom is 0.131 e. The van der Waals surface area contributed by atoms with E-state index in [1.165, 1.54) is 0 Å². The van der Waals surface area contributed by atoms with E-state index in [0.717, 1.165) is 35.9 Å². The molecule has 0 amide bonds. The van der Waals surface area contributed by atoms with Crippen molar-refractivity contribution >= 4 is 5.82 Å². The molecule has 5 nitrogen and oxygen atoms in total. The van der Waals surface area contributed by atoms with Crippen LogP contribution in [0.15, 0.2) is 12.4 Å². The predicted octanol–water partition coefficient (Wildman–Crippen LogP) is 1.45. The highest BCUT2D eigenvalue weighted by molar-refractivity contribution is 5.69. The summed E-state index contributed by atoms with van der Waals surface area (Å²) in [5.74, 6) is 1.76. The number of aryl methyl sites for hydroxylation is 2. The molecule has 2 N–H and O–H groups in total. The van der Waals surface area contributed by atoms with Gasteiger partial charge in [0.2, 0.25) is 0 Å². The first kappa shape index (κ1) is 10.7. The zero-order chi connectivity index (χ0) is 11.7. The predicted molar refractivity (Wildman–Crippen MR) is 63.9 cm³/mol. The number of hydrogen-bond acceptors (Lipinski definition) is 3. The van der Waals surface area contributed by atoms with E-state index < -0.39 is 0 Å². The van der Waals surface area contributed by atoms with Crippen molar-refractivity contribution in [2.45, 2.75) is 26.8 Å². The minimum atomic E-state index is 0.729. The molecule has 0 unspecified atom stereocenters. The summed E-state index contributed by atoms with van der Waals surface area (Å²) in [4.78, 5) is 4.57. The third-order valence-electron chi connectivity index (χ3n) is 2.70. The van der Waals surface area contributed by atoms with Crippen LogP contribution >= 0.6 is 0 Å². The Kier molecular flexibility index (Phi) is 2.68. The van der Waals surface area contributed by atoms with E-state index in [-0.39, 0.29) is 0 Å². The summed E-state index contributed by atoms with van der Waals surface area (Å²) in [7, 11) is 1.89. The number of nitrogen functional groups attached to an aromatic ring is 1. The third kappa shape index (κ3) is 1.58. The summed E-state index contributed by atoms with van der Waals surface area (Å²) in [6, 6.07) is 0. The first-order valence-corrected chi connectivity index (χ1v) is 5.51. The van der Waals surface area contributed by atoms with Crippen molar-refractivity contribution in [3.05, 3.63) is 18.2 Å². The van der Waals surface area contributed by atoms with Crippen molar-refractivity contribution in [1.29, 1.82) is 0 Å². The summed E-state index contributed by atoms with van der Waals surface area (Å²) in [5.41, 5.74) is 7.91. The molecule has 2 rings (SSSR count). The summed E-state index contributed by atoms with van der Waals surface area (Å²) < 4.78 is 3.80. The fraction of sp³-hybridized carbons (Fsp3) is 0.455. The lowest BCUT2D eigenvalue weighted by Gasteiger charge is -2.03. The quantitative estimate of drug-likeness (QED) is 0.849. The smallest absolute Gasteiger partial charge is 0.131 e. The number of hydrogen-bond donors (Lipinski definition) is 1. The second-order valence-corrected chi connectivity index (χ2v) is 3.76. The molecule has 2 aromatic heterocycles. The van der Waals surface area contributed by atoms with Crippen LogP contribution in [0.2, 0.25) is 0 Å². The second-order valence-electron chi connectivity index (χ2n) is 3.76. The van der Waals surface area contributed by atoms with Gasteiger partial charge in [0, 0.05) is 31.8 Å². The summed E-state index contributed by atoms with van der Waals surface area (Å²) in [6.07, 6.45) is 4.61. The highest BCUT2D eigenvalue weighted by Crippen LogP contribution is 2.25. The minimum Gasteiger partial charge on any atom is -0.383 e. The van der Waals surface area contributed by atoms with Gasteiger partial charge in [0.25, 0.3) is 0 Å². The normalized spacial score (nSPS) is 10.9. The minimum absolute atomic E-state index is 0.729. The van der Waals surface area contributed by atoms with Crippen LogP contribution in [0.25, 0.3) is 11.3 Å². The highest BCUT2D eigenvalue weighted by Gasteiger charge is 2.14. The average molecular weight is 219 g/mol. The van der Waals surface area contributed by atoms with Gasteiger partial charge in [-0.3, -0.25) is 4.68 Å². The van der Waals surface area contributed by atoms with Crippen molar-refractivity contribution in [3.8, 4) is 11.3 Å². The lowest BCUT2D eigenvalue weighted by atomic mass is 10.2. The van der Waals surface area contributed by atoms with E-state index in [9.17, 15) is 0 Å². The molecule has 0 spiro atoms. The molecule has 5 heteroatoms. The molecule has 0 aliphatic carbocycles. The zero-order valence-electron chi connectivity index (χ0n) is 9.94. The van der Waals surface area contributed by atoms with Gasteiger partial charge >= 0.3 is 0 Å². The molecule has 16 heavy (non-hydrogen) atoms. The van der Waals surface area contributed by atoms with E-state index >= 15 is 0 Å². The number of anilines is 1. The molecule has 0 atom stereocenters. The Hall–Kier alpha value is -1.78. The Morgan fingerprint density at radius 3 is 2.56 bits per heavy atom. The van der Waals surface area contributed by atoms with Gasteiger partial charge in [-0.25, -0.2) is 4.98 Å². The number of nitrogens with zero attached hydrogens (tertiary/aromatic N) is 4. The van der Waals surface area contributed by atoms with Crippen molar-refractivity contribution in [2.75, 3.05) is 5.73 Å². The van der Waals surface area contributed by atoms with E-state index in [4.69, 9.17) is 5.73 Å². The summed E-state index contributed by atoms with van der Waals surface area (Å²) >= 11 is 0. The SMILES string of the molecule is CCc1nc(-c2cnn(C)c2)c(N)n1CC. The maximum atomic E-state index is 6.09. The molecular formula is C11H17N5. The molecule has 0 aliphatic heterocycles. The highest BCUT2D eigenvalue weighted by atomic mass is 15.2. The largest absolute Gasteiger partial charge is 0.383 e. The molecule has 0 saturated heterocycles. The number of nitrogens with two attached hydrogens (primary N) is 1. The molecule has 2 heterocycles. The van der Waals surface area contributed by atoms with Gasteiger partial charge in [-0.15, -0.1) is 0 Å². The molecule has 0 radical (unpaired) electrons. The number of rotatable bonds is 3. The Morgan fingerprint density at radius 2 is 2.12 bits per heavy atom. The van der Waals surface area contributed by atoms with Gasteiger partial charge < -0.3 is 10.3 Å². The van der Waals surface area contributed by atoms with Crippen molar-refractivity contribution in [3.63, 3.8) is 0 Å². The molecule has 2 aromatic rings. The molecule has 0 fully saturated rings. The Bertz CT molecular complexity index is 494. The van der Waals surface area contributed by atoms with E-state index in [0.29, 0.717) is 0 Å². The van der Waals surface area contributed by atoms with Gasteiger partial charge in [-0.2, -0.15) is 5.10 Å². The third-order valence-corrected chi connectivity index (χ3v) is 2.70. The van der Waals surface area contributed by atoms with Crippen LogP contribution in [0.4, 0.5) is 5.82 Å². The topological polar surface area (TPSA) is 61.7 Å². The molecule has 0 bridgehead atoms. The standard InChI is InChI=1S/C11H17N5/c1-4-9-14-10(11(12)16(9)5-2)8-6-13-15(3)7-8/h6-7H,4-5,12H2,1-3H3. The monoisotopic (exact) mass is 219 g/mol. The first-order chi connectivity index (χ1) is 7.67. The van der Waals surface area contributed by atoms with E-state index in [1.54, 1.807) is 10.9 Å². The van der Waals surface area contributed by atoms with Crippen LogP contribution in [-0.4, -0.2) is 19.3 Å². The molecule has 86 valence electrons. The number of aromatic nitrogens is 4. The molecule has 0 aliphatic rings. The van der Waals surface area contributed by atoms with E-state index in [2.05, 4.69) is 23.9 Å². The van der Waals surface area contributed by atoms with Crippen molar-refractivity contribution in [1.82, 2.24) is 19.3 Å². The van der Waals surface area contributed by atoms with Gasteiger partial charge in [0.1, 0.15) is 17.3 Å². The fourth-order valence-electron chi connectivity index (χ4n) is 1.89. The van der Waals surface area contributed by atoms with Gasteiger partial charge in [0.15, 0.2) is 0 Å². The average Bonchev–Trinajstić information content (AvgIpc) is 2.82. The molecular weight excluding hydrogens is 202 g/mol. The van der Waals surface area contributed by atoms with Crippen LogP contribution in [-0.2, 0) is 20.0 Å². The zero-order valence-corrected chi connectivity index (χ0v) is 9.94. The van der Waals surface area contributed by atoms with Crippen molar-refractivity contribution < 1.29 is 0 Å². The summed E-state index contributed by atoms with van der Waals surface area (Å²) in [5, 5.41) is 4.14. The first-order valence-electron chi connectivity index (χ1n) is 5.51. The maximum absolute atomic E-state index is 6.09.